The van der Waals surface area contributed by atoms with Gasteiger partial charge in [0.2, 0.25) is 5.91 Å². The molecule has 0 unspecified atom stereocenters. The number of nitrogens with zero attached hydrogens (tertiary/aromatic N) is 1. The number of hydrogen-bond donors (Lipinski definition) is 0. The van der Waals surface area contributed by atoms with E-state index in [1.807, 2.05) is 6.07 Å². The zero-order chi connectivity index (χ0) is 13.9. The van der Waals surface area contributed by atoms with Crippen molar-refractivity contribution in [3.05, 3.63) is 41.5 Å². The van der Waals surface area contributed by atoms with Gasteiger partial charge in [-0.3, -0.25) is 4.79 Å². The van der Waals surface area contributed by atoms with Gasteiger partial charge in [-0.15, -0.1) is 0 Å². The minimum absolute atomic E-state index is 0.332. The first-order valence-electron chi connectivity index (χ1n) is 7.73. The summed E-state index contributed by atoms with van der Waals surface area (Å²) < 4.78 is 0. The smallest absolute Gasteiger partial charge is 0.225 e. The predicted molar refractivity (Wildman–Crippen MR) is 82.1 cm³/mol. The van der Waals surface area contributed by atoms with Crippen LogP contribution in [0.1, 0.15) is 38.2 Å². The Balaban J connectivity index is 1.65. The fourth-order valence-electron chi connectivity index (χ4n) is 2.61. The third kappa shape index (κ3) is 3.72. The second-order valence-electron chi connectivity index (χ2n) is 6.34. The van der Waals surface area contributed by atoms with Crippen molar-refractivity contribution >= 4 is 12.0 Å². The Morgan fingerprint density at radius 2 is 1.90 bits per heavy atom. The molecule has 0 aliphatic heterocycles. The second kappa shape index (κ2) is 5.82. The van der Waals surface area contributed by atoms with Crippen LogP contribution < -0.4 is 0 Å². The summed E-state index contributed by atoms with van der Waals surface area (Å²) in [6.07, 6.45) is 6.99. The van der Waals surface area contributed by atoms with Crippen LogP contribution >= 0.6 is 0 Å². The van der Waals surface area contributed by atoms with Crippen molar-refractivity contribution in [1.29, 1.82) is 0 Å². The largest absolute Gasteiger partial charge is 0.338 e. The van der Waals surface area contributed by atoms with Gasteiger partial charge in [0.15, 0.2) is 0 Å². The zero-order valence-corrected chi connectivity index (χ0v) is 12.2. The van der Waals surface area contributed by atoms with E-state index < -0.39 is 0 Å². The molecule has 0 atom stereocenters. The van der Waals surface area contributed by atoms with Gasteiger partial charge in [-0.05, 0) is 44.1 Å². The van der Waals surface area contributed by atoms with E-state index in [-0.39, 0.29) is 0 Å². The quantitative estimate of drug-likeness (QED) is 0.770. The van der Waals surface area contributed by atoms with Crippen LogP contribution in [-0.4, -0.2) is 23.9 Å². The average molecular weight is 269 g/mol. The monoisotopic (exact) mass is 269 g/mol. The van der Waals surface area contributed by atoms with E-state index in [2.05, 4.69) is 42.2 Å². The summed E-state index contributed by atoms with van der Waals surface area (Å²) in [4.78, 5) is 14.5. The van der Waals surface area contributed by atoms with Crippen LogP contribution in [0.5, 0.6) is 0 Å². The van der Waals surface area contributed by atoms with E-state index in [0.717, 1.165) is 31.8 Å². The van der Waals surface area contributed by atoms with E-state index >= 15 is 0 Å². The Labute approximate surface area is 121 Å². The number of carbonyl (C=O) groups excluding carboxylic acids is 1. The Hall–Kier alpha value is -1.57. The minimum atomic E-state index is 0.332. The summed E-state index contributed by atoms with van der Waals surface area (Å²) in [5.74, 6) is 1.48. The molecule has 0 spiro atoms. The Kier molecular flexibility index (Phi) is 3.90. The zero-order valence-electron chi connectivity index (χ0n) is 12.2. The molecule has 2 saturated carbocycles. The number of benzene rings is 1. The molecule has 2 fully saturated rings. The Morgan fingerprint density at radius 3 is 2.50 bits per heavy atom. The highest BCUT2D eigenvalue weighted by Gasteiger charge is 2.35. The lowest BCUT2D eigenvalue weighted by atomic mass is 10.1. The van der Waals surface area contributed by atoms with E-state index in [9.17, 15) is 4.79 Å². The minimum Gasteiger partial charge on any atom is -0.338 e. The van der Waals surface area contributed by atoms with Crippen molar-refractivity contribution < 1.29 is 4.79 Å². The van der Waals surface area contributed by atoms with Crippen LogP contribution in [0.25, 0.3) is 6.08 Å². The van der Waals surface area contributed by atoms with Crippen LogP contribution in [0, 0.1) is 11.8 Å². The summed E-state index contributed by atoms with van der Waals surface area (Å²) in [5.41, 5.74) is 2.49. The predicted octanol–water partition coefficient (Wildman–Crippen LogP) is 3.74. The summed E-state index contributed by atoms with van der Waals surface area (Å²) in [7, 11) is 0. The summed E-state index contributed by atoms with van der Waals surface area (Å²) in [5, 5.41) is 0. The lowest BCUT2D eigenvalue weighted by molar-refractivity contribution is -0.132. The molecule has 1 aromatic carbocycles. The summed E-state index contributed by atoms with van der Waals surface area (Å²) in [6, 6.07) is 10.4. The van der Waals surface area contributed by atoms with Crippen LogP contribution in [-0.2, 0) is 4.79 Å². The molecule has 1 amide bonds. The maximum absolute atomic E-state index is 12.4. The van der Waals surface area contributed by atoms with Gasteiger partial charge in [0.05, 0.1) is 0 Å². The first-order valence-corrected chi connectivity index (χ1v) is 7.73. The highest BCUT2D eigenvalue weighted by molar-refractivity contribution is 5.81. The molecule has 0 saturated heterocycles. The van der Waals surface area contributed by atoms with Crippen molar-refractivity contribution in [3.8, 4) is 0 Å². The van der Waals surface area contributed by atoms with Gasteiger partial charge in [-0.1, -0.05) is 42.0 Å². The second-order valence-corrected chi connectivity index (χ2v) is 6.34. The standard InChI is InChI=1S/C18H23NO/c1-14(11-15-5-3-2-4-6-15)12-19(13-16-7-8-16)18(20)17-9-10-17/h2-6,11,16-17H,7-10,12-13H2,1H3/b14-11+. The molecule has 0 aromatic heterocycles. The molecule has 0 bridgehead atoms. The maximum Gasteiger partial charge on any atom is 0.225 e. The Bertz CT molecular complexity index is 497. The molecule has 2 nitrogen and oxygen atoms in total. The van der Waals surface area contributed by atoms with Gasteiger partial charge in [-0.2, -0.15) is 0 Å². The molecule has 0 radical (unpaired) electrons. The van der Waals surface area contributed by atoms with Crippen molar-refractivity contribution in [2.75, 3.05) is 13.1 Å². The number of rotatable bonds is 6. The molecule has 2 aliphatic carbocycles. The van der Waals surface area contributed by atoms with Gasteiger partial charge in [0.25, 0.3) is 0 Å². The molecule has 20 heavy (non-hydrogen) atoms. The third-order valence-electron chi connectivity index (χ3n) is 4.07. The molecule has 106 valence electrons. The number of hydrogen-bond acceptors (Lipinski definition) is 1. The number of carbonyl (C=O) groups is 1. The molecule has 3 rings (SSSR count). The van der Waals surface area contributed by atoms with E-state index in [1.54, 1.807) is 0 Å². The van der Waals surface area contributed by atoms with Crippen molar-refractivity contribution in [2.24, 2.45) is 11.8 Å². The topological polar surface area (TPSA) is 20.3 Å². The SMILES string of the molecule is C/C(=C\c1ccccc1)CN(CC1CC1)C(=O)C1CC1. The van der Waals surface area contributed by atoms with E-state index in [4.69, 9.17) is 0 Å². The third-order valence-corrected chi connectivity index (χ3v) is 4.07. The summed E-state index contributed by atoms with van der Waals surface area (Å²) >= 11 is 0. The van der Waals surface area contributed by atoms with Crippen molar-refractivity contribution in [2.45, 2.75) is 32.6 Å². The van der Waals surface area contributed by atoms with Crippen molar-refractivity contribution in [1.82, 2.24) is 4.90 Å². The first-order chi connectivity index (χ1) is 9.72. The maximum atomic E-state index is 12.4. The van der Waals surface area contributed by atoms with Gasteiger partial charge >= 0.3 is 0 Å². The molecule has 0 heterocycles. The van der Waals surface area contributed by atoms with Gasteiger partial charge in [0, 0.05) is 19.0 Å². The molecule has 0 N–H and O–H groups in total. The fourth-order valence-corrected chi connectivity index (χ4v) is 2.61. The van der Waals surface area contributed by atoms with Crippen LogP contribution in [0.15, 0.2) is 35.9 Å². The van der Waals surface area contributed by atoms with E-state index in [0.29, 0.717) is 11.8 Å². The van der Waals surface area contributed by atoms with Gasteiger partial charge < -0.3 is 4.90 Å². The highest BCUT2D eigenvalue weighted by Crippen LogP contribution is 2.34. The van der Waals surface area contributed by atoms with Crippen LogP contribution in [0.2, 0.25) is 0 Å². The molecule has 2 heteroatoms. The Morgan fingerprint density at radius 1 is 1.20 bits per heavy atom. The number of amides is 1. The lowest BCUT2D eigenvalue weighted by Gasteiger charge is -2.23. The fraction of sp³-hybridized carbons (Fsp3) is 0.500. The molecular formula is C18H23NO. The van der Waals surface area contributed by atoms with E-state index in [1.165, 1.54) is 24.0 Å². The lowest BCUT2D eigenvalue weighted by Crippen LogP contribution is -2.35. The van der Waals surface area contributed by atoms with Gasteiger partial charge in [-0.25, -0.2) is 0 Å². The van der Waals surface area contributed by atoms with Crippen molar-refractivity contribution in [3.63, 3.8) is 0 Å². The molecule has 2 aliphatic rings. The van der Waals surface area contributed by atoms with Crippen LogP contribution in [0.3, 0.4) is 0 Å². The summed E-state index contributed by atoms with van der Waals surface area (Å²) in [6.45, 7) is 3.89. The van der Waals surface area contributed by atoms with Gasteiger partial charge in [0.1, 0.15) is 0 Å². The molecular weight excluding hydrogens is 246 g/mol. The highest BCUT2D eigenvalue weighted by atomic mass is 16.2. The first kappa shape index (κ1) is 13.4. The molecule has 1 aromatic rings. The normalized spacial score (nSPS) is 18.9. The average Bonchev–Trinajstić information content (AvgIpc) is 3.31. The van der Waals surface area contributed by atoms with Crippen LogP contribution in [0.4, 0.5) is 0 Å².